The number of carbonyl (C=O) groups excluding carboxylic acids is 1. The molecule has 1 amide bonds. The minimum absolute atomic E-state index is 0. The summed E-state index contributed by atoms with van der Waals surface area (Å²) in [5, 5.41) is 8.60. The van der Waals surface area contributed by atoms with Gasteiger partial charge in [0, 0.05) is 6.92 Å². The fraction of sp³-hybridized carbons (Fsp3) is 0.111. The number of hydrogen-bond donors (Lipinski definition) is 0. The van der Waals surface area contributed by atoms with Crippen LogP contribution in [0, 0.1) is 11.5 Å². The summed E-state index contributed by atoms with van der Waals surface area (Å²) in [6, 6.07) is 8.82. The minimum atomic E-state index is -0.274. The molecule has 13 heavy (non-hydrogen) atoms. The standard InChI is InChI=1S/C9H8N2O.Na.H/c1-8(12)11(7-10)9-5-3-2-4-6-9;;/h2-6H,1H3;;/q;+1;-1. The maximum atomic E-state index is 10.9. The molecule has 1 aromatic carbocycles. The zero-order valence-corrected chi connectivity index (χ0v) is 9.69. The van der Waals surface area contributed by atoms with Crippen molar-refractivity contribution in [1.29, 1.82) is 5.26 Å². The predicted molar refractivity (Wildman–Crippen MR) is 46.3 cm³/mol. The molecule has 0 aliphatic rings. The van der Waals surface area contributed by atoms with Crippen LogP contribution in [0.15, 0.2) is 30.3 Å². The number of amides is 1. The molecule has 0 saturated carbocycles. The zero-order chi connectivity index (χ0) is 8.97. The molecule has 1 rings (SSSR count). The molecule has 0 N–H and O–H groups in total. The number of benzene rings is 1. The van der Waals surface area contributed by atoms with Gasteiger partial charge < -0.3 is 1.43 Å². The number of rotatable bonds is 1. The Labute approximate surface area is 101 Å². The minimum Gasteiger partial charge on any atom is -1.00 e. The van der Waals surface area contributed by atoms with E-state index in [0.29, 0.717) is 5.69 Å². The third kappa shape index (κ3) is 3.19. The quantitative estimate of drug-likeness (QED) is 0.307. The number of para-hydroxylation sites is 1. The Kier molecular flexibility index (Phi) is 5.40. The molecular weight excluding hydrogens is 175 g/mol. The molecule has 0 saturated heterocycles. The molecule has 0 radical (unpaired) electrons. The van der Waals surface area contributed by atoms with E-state index in [-0.39, 0.29) is 36.9 Å². The second kappa shape index (κ2) is 5.76. The molecule has 0 aromatic heterocycles. The van der Waals surface area contributed by atoms with Gasteiger partial charge in [-0.2, -0.15) is 5.26 Å². The monoisotopic (exact) mass is 184 g/mol. The summed E-state index contributed by atoms with van der Waals surface area (Å²) >= 11 is 0. The normalized spacial score (nSPS) is 8.00. The van der Waals surface area contributed by atoms with E-state index in [1.807, 2.05) is 6.07 Å². The van der Waals surface area contributed by atoms with Crippen molar-refractivity contribution in [1.82, 2.24) is 0 Å². The maximum absolute atomic E-state index is 10.9. The van der Waals surface area contributed by atoms with Gasteiger partial charge in [0.1, 0.15) is 0 Å². The molecule has 1 aromatic rings. The summed E-state index contributed by atoms with van der Waals surface area (Å²) in [5.74, 6) is -0.274. The van der Waals surface area contributed by atoms with Crippen LogP contribution < -0.4 is 34.5 Å². The van der Waals surface area contributed by atoms with Crippen LogP contribution in [-0.4, -0.2) is 5.91 Å². The fourth-order valence-electron chi connectivity index (χ4n) is 0.887. The van der Waals surface area contributed by atoms with Gasteiger partial charge in [-0.25, -0.2) is 4.90 Å². The Morgan fingerprint density at radius 1 is 1.46 bits per heavy atom. The van der Waals surface area contributed by atoms with E-state index < -0.39 is 0 Å². The molecule has 0 aliphatic carbocycles. The maximum Gasteiger partial charge on any atom is 1.00 e. The van der Waals surface area contributed by atoms with Crippen LogP contribution in [0.2, 0.25) is 0 Å². The first-order chi connectivity index (χ1) is 5.75. The number of nitrogens with zero attached hydrogens (tertiary/aromatic N) is 2. The first kappa shape index (κ1) is 12.2. The molecule has 62 valence electrons. The molecule has 0 spiro atoms. The third-order valence-corrected chi connectivity index (χ3v) is 1.43. The molecule has 0 aliphatic heterocycles. The van der Waals surface area contributed by atoms with E-state index in [1.165, 1.54) is 6.92 Å². The van der Waals surface area contributed by atoms with Crippen LogP contribution in [0.4, 0.5) is 5.69 Å². The van der Waals surface area contributed by atoms with Gasteiger partial charge in [-0.3, -0.25) is 4.79 Å². The largest absolute Gasteiger partial charge is 1.00 e. The molecular formula is C9H9N2NaO. The van der Waals surface area contributed by atoms with E-state index in [2.05, 4.69) is 0 Å². The Morgan fingerprint density at radius 3 is 2.38 bits per heavy atom. The van der Waals surface area contributed by atoms with Crippen LogP contribution in [0.1, 0.15) is 8.35 Å². The molecule has 0 bridgehead atoms. The first-order valence-corrected chi connectivity index (χ1v) is 3.51. The Balaban J connectivity index is 0. The molecule has 0 fully saturated rings. The summed E-state index contributed by atoms with van der Waals surface area (Å²) in [6.45, 7) is 1.36. The topological polar surface area (TPSA) is 44.1 Å². The van der Waals surface area contributed by atoms with Crippen LogP contribution in [-0.2, 0) is 4.79 Å². The zero-order valence-electron chi connectivity index (χ0n) is 8.69. The van der Waals surface area contributed by atoms with Gasteiger partial charge in [0.2, 0.25) is 5.91 Å². The van der Waals surface area contributed by atoms with Crippen molar-refractivity contribution >= 4 is 11.6 Å². The molecule has 0 heterocycles. The van der Waals surface area contributed by atoms with E-state index in [1.54, 1.807) is 30.5 Å². The molecule has 3 nitrogen and oxygen atoms in total. The van der Waals surface area contributed by atoms with Gasteiger partial charge in [-0.05, 0) is 12.1 Å². The first-order valence-electron chi connectivity index (χ1n) is 3.51. The van der Waals surface area contributed by atoms with Gasteiger partial charge in [0.05, 0.1) is 5.69 Å². The molecule has 0 unspecified atom stereocenters. The van der Waals surface area contributed by atoms with Crippen molar-refractivity contribution in [3.63, 3.8) is 0 Å². The summed E-state index contributed by atoms with van der Waals surface area (Å²) in [5.41, 5.74) is 0.604. The Bertz CT molecular complexity index is 323. The van der Waals surface area contributed by atoms with Gasteiger partial charge in [-0.1, -0.05) is 18.2 Å². The summed E-state index contributed by atoms with van der Waals surface area (Å²) in [4.78, 5) is 11.9. The molecule has 4 heteroatoms. The predicted octanol–water partition coefficient (Wildman–Crippen LogP) is -1.36. The van der Waals surface area contributed by atoms with E-state index >= 15 is 0 Å². The van der Waals surface area contributed by atoms with Crippen LogP contribution in [0.25, 0.3) is 0 Å². The van der Waals surface area contributed by atoms with Crippen molar-refractivity contribution < 1.29 is 35.8 Å². The van der Waals surface area contributed by atoms with E-state index in [4.69, 9.17) is 5.26 Å². The van der Waals surface area contributed by atoms with Gasteiger partial charge in [-0.15, -0.1) is 0 Å². The number of nitriles is 1. The van der Waals surface area contributed by atoms with Gasteiger partial charge in [0.25, 0.3) is 0 Å². The van der Waals surface area contributed by atoms with Crippen LogP contribution >= 0.6 is 0 Å². The Hall–Kier alpha value is -0.820. The van der Waals surface area contributed by atoms with Crippen LogP contribution in [0.3, 0.4) is 0 Å². The van der Waals surface area contributed by atoms with Crippen LogP contribution in [0.5, 0.6) is 0 Å². The number of hydrogen-bond acceptors (Lipinski definition) is 2. The SMILES string of the molecule is CC(=O)N(C#N)c1ccccc1.[H-].[Na+]. The summed E-state index contributed by atoms with van der Waals surface area (Å²) in [7, 11) is 0. The van der Waals surface area contributed by atoms with Crippen molar-refractivity contribution in [2.75, 3.05) is 4.90 Å². The average molecular weight is 184 g/mol. The van der Waals surface area contributed by atoms with E-state index in [0.717, 1.165) is 4.90 Å². The number of carbonyl (C=O) groups is 1. The average Bonchev–Trinajstić information content (AvgIpc) is 2.07. The fourth-order valence-corrected chi connectivity index (χ4v) is 0.887. The van der Waals surface area contributed by atoms with Crippen molar-refractivity contribution in [2.45, 2.75) is 6.92 Å². The summed E-state index contributed by atoms with van der Waals surface area (Å²) in [6.07, 6.45) is 1.80. The van der Waals surface area contributed by atoms with Crippen molar-refractivity contribution in [2.24, 2.45) is 0 Å². The summed E-state index contributed by atoms with van der Waals surface area (Å²) < 4.78 is 0. The van der Waals surface area contributed by atoms with Gasteiger partial charge in [0.15, 0.2) is 6.19 Å². The third-order valence-electron chi connectivity index (χ3n) is 1.43. The van der Waals surface area contributed by atoms with Crippen molar-refractivity contribution in [3.05, 3.63) is 30.3 Å². The van der Waals surface area contributed by atoms with Crippen molar-refractivity contribution in [3.8, 4) is 6.19 Å². The second-order valence-electron chi connectivity index (χ2n) is 2.29. The molecule has 0 atom stereocenters. The smallest absolute Gasteiger partial charge is 1.00 e. The second-order valence-corrected chi connectivity index (χ2v) is 2.29. The Morgan fingerprint density at radius 2 is 2.00 bits per heavy atom. The van der Waals surface area contributed by atoms with E-state index in [9.17, 15) is 4.79 Å². The number of anilines is 1. The van der Waals surface area contributed by atoms with Gasteiger partial charge >= 0.3 is 29.6 Å².